The van der Waals surface area contributed by atoms with Crippen molar-refractivity contribution in [3.8, 4) is 50.6 Å². The molecule has 3 aromatic heterocycles. The molecule has 0 aliphatic heterocycles. The van der Waals surface area contributed by atoms with Crippen LogP contribution in [0.2, 0.25) is 0 Å². The molecule has 3 heterocycles. The number of aromatic nitrogens is 3. The molecule has 9 aromatic rings. The molecule has 236 valence electrons. The van der Waals surface area contributed by atoms with Crippen molar-refractivity contribution in [1.29, 1.82) is 0 Å². The molecule has 0 radical (unpaired) electrons. The third-order valence-corrected chi connectivity index (χ3v) is 9.40. The summed E-state index contributed by atoms with van der Waals surface area (Å²) >= 11 is 0. The van der Waals surface area contributed by atoms with Gasteiger partial charge in [-0.15, -0.1) is 0 Å². The highest BCUT2D eigenvalue weighted by Gasteiger charge is 2.19. The van der Waals surface area contributed by atoms with Crippen molar-refractivity contribution in [3.63, 3.8) is 0 Å². The molecule has 0 bridgehead atoms. The zero-order valence-corrected chi connectivity index (χ0v) is 27.3. The Morgan fingerprint density at radius 2 is 1.14 bits per heavy atom. The highest BCUT2D eigenvalue weighted by molar-refractivity contribution is 6.11. The van der Waals surface area contributed by atoms with Crippen LogP contribution < -0.4 is 0 Å². The van der Waals surface area contributed by atoms with Crippen LogP contribution in [0.3, 0.4) is 0 Å². The van der Waals surface area contributed by atoms with Crippen LogP contribution in [0.25, 0.3) is 95.7 Å². The van der Waals surface area contributed by atoms with E-state index in [4.69, 9.17) is 14.4 Å². The number of rotatable bonds is 7. The van der Waals surface area contributed by atoms with Crippen LogP contribution in [0.4, 0.5) is 0 Å². The third-order valence-electron chi connectivity index (χ3n) is 9.40. The van der Waals surface area contributed by atoms with E-state index in [2.05, 4.69) is 109 Å². The van der Waals surface area contributed by atoms with Crippen LogP contribution in [0.15, 0.2) is 169 Å². The van der Waals surface area contributed by atoms with Crippen LogP contribution in [0, 0.1) is 0 Å². The number of hydrogen-bond acceptors (Lipinski definition) is 3. The molecular weight excluding hydrogens is 611 g/mol. The molecule has 0 saturated carbocycles. The van der Waals surface area contributed by atoms with Gasteiger partial charge in [-0.05, 0) is 64.7 Å². The van der Waals surface area contributed by atoms with Crippen molar-refractivity contribution in [3.05, 3.63) is 176 Å². The molecule has 4 heteroatoms. The fraction of sp³-hybridized carbons (Fsp3) is 0. The molecule has 0 aliphatic carbocycles. The van der Waals surface area contributed by atoms with Crippen LogP contribution in [-0.2, 0) is 0 Å². The quantitative estimate of drug-likeness (QED) is 0.174. The third kappa shape index (κ3) is 4.85. The molecule has 0 N–H and O–H groups in total. The highest BCUT2D eigenvalue weighted by atomic mass is 16.3. The number of nitrogens with zero attached hydrogens (tertiary/aromatic N) is 3. The molecular formula is C46H31N3O. The van der Waals surface area contributed by atoms with Crippen LogP contribution >= 0.6 is 0 Å². The maximum atomic E-state index is 6.41. The summed E-state index contributed by atoms with van der Waals surface area (Å²) in [6.45, 7) is 8.26. The lowest BCUT2D eigenvalue weighted by atomic mass is 9.97. The Morgan fingerprint density at radius 1 is 0.520 bits per heavy atom. The van der Waals surface area contributed by atoms with Gasteiger partial charge < -0.3 is 8.98 Å². The zero-order chi connectivity index (χ0) is 33.6. The second-order valence-corrected chi connectivity index (χ2v) is 12.3. The molecule has 50 heavy (non-hydrogen) atoms. The van der Waals surface area contributed by atoms with E-state index in [0.29, 0.717) is 11.5 Å². The van der Waals surface area contributed by atoms with Gasteiger partial charge in [-0.3, -0.25) is 0 Å². The molecule has 6 aromatic carbocycles. The lowest BCUT2D eigenvalue weighted by Gasteiger charge is -2.11. The summed E-state index contributed by atoms with van der Waals surface area (Å²) in [5.41, 5.74) is 12.9. The summed E-state index contributed by atoms with van der Waals surface area (Å²) in [6.07, 6.45) is 3.84. The van der Waals surface area contributed by atoms with E-state index in [9.17, 15) is 0 Å². The number of benzene rings is 6. The predicted octanol–water partition coefficient (Wildman–Crippen LogP) is 12.3. The Balaban J connectivity index is 1.19. The molecule has 0 spiro atoms. The molecule has 0 unspecified atom stereocenters. The lowest BCUT2D eigenvalue weighted by Crippen LogP contribution is -1.96. The second kappa shape index (κ2) is 12.0. The maximum absolute atomic E-state index is 6.41. The summed E-state index contributed by atoms with van der Waals surface area (Å²) < 4.78 is 8.68. The van der Waals surface area contributed by atoms with E-state index in [1.54, 1.807) is 0 Å². The number of hydrogen-bond donors (Lipinski definition) is 0. The van der Waals surface area contributed by atoms with E-state index < -0.39 is 0 Å². The zero-order valence-electron chi connectivity index (χ0n) is 27.3. The molecule has 0 atom stereocenters. The number of fused-ring (bicyclic) bond motifs is 4. The first kappa shape index (κ1) is 29.4. The average molecular weight is 642 g/mol. The van der Waals surface area contributed by atoms with Gasteiger partial charge in [0.25, 0.3) is 0 Å². The van der Waals surface area contributed by atoms with Crippen LogP contribution in [0.1, 0.15) is 11.3 Å². The summed E-state index contributed by atoms with van der Waals surface area (Å²) in [4.78, 5) is 10.0. The molecule has 0 saturated heterocycles. The number of furan rings is 1. The van der Waals surface area contributed by atoms with Crippen LogP contribution in [0.5, 0.6) is 0 Å². The first-order valence-electron chi connectivity index (χ1n) is 16.6. The summed E-state index contributed by atoms with van der Waals surface area (Å²) in [6, 6.07) is 52.4. The van der Waals surface area contributed by atoms with Crippen LogP contribution in [-0.4, -0.2) is 14.5 Å². The lowest BCUT2D eigenvalue weighted by molar-refractivity contribution is 0.653. The smallest absolute Gasteiger partial charge is 0.231 e. The first-order valence-corrected chi connectivity index (χ1v) is 16.6. The minimum absolute atomic E-state index is 0.575. The van der Waals surface area contributed by atoms with E-state index in [-0.39, 0.29) is 0 Å². The van der Waals surface area contributed by atoms with Crippen molar-refractivity contribution in [2.24, 2.45) is 0 Å². The van der Waals surface area contributed by atoms with Gasteiger partial charge in [-0.25, -0.2) is 4.98 Å². The molecule has 0 amide bonds. The summed E-state index contributed by atoms with van der Waals surface area (Å²) in [5.74, 6) is 0.639. The molecule has 0 aliphatic rings. The Morgan fingerprint density at radius 3 is 1.84 bits per heavy atom. The second-order valence-electron chi connectivity index (χ2n) is 12.3. The molecule has 0 fully saturated rings. The first-order chi connectivity index (χ1) is 24.7. The van der Waals surface area contributed by atoms with E-state index >= 15 is 0 Å². The average Bonchev–Trinajstić information content (AvgIpc) is 3.73. The standard InChI is InChI=1S/C46H31N3O/c1-3-37-38-25-23-35(29-41(38)49(40(37)4-2)36-21-12-7-13-22-36)33-20-14-19-32(27-33)34-24-26-42-39(28-34)43-44(30-15-8-5-9-16-30)47-45(48-46(43)50-42)31-17-10-6-11-18-31/h3-29H,1-2H2. The maximum Gasteiger partial charge on any atom is 0.231 e. The summed E-state index contributed by atoms with van der Waals surface area (Å²) in [7, 11) is 0. The predicted molar refractivity (Wildman–Crippen MR) is 208 cm³/mol. The van der Waals surface area contributed by atoms with Gasteiger partial charge in [0.1, 0.15) is 5.58 Å². The summed E-state index contributed by atoms with van der Waals surface area (Å²) in [5, 5.41) is 3.03. The van der Waals surface area contributed by atoms with E-state index in [1.165, 1.54) is 0 Å². The Hall–Kier alpha value is -6.78. The largest absolute Gasteiger partial charge is 0.438 e. The topological polar surface area (TPSA) is 43.9 Å². The highest BCUT2D eigenvalue weighted by Crippen LogP contribution is 2.39. The molecule has 9 rings (SSSR count). The fourth-order valence-electron chi connectivity index (χ4n) is 7.04. The fourth-order valence-corrected chi connectivity index (χ4v) is 7.04. The monoisotopic (exact) mass is 641 g/mol. The Labute approximate surface area is 289 Å². The Kier molecular flexibility index (Phi) is 7.07. The van der Waals surface area contributed by atoms with Gasteiger partial charge in [0, 0.05) is 33.2 Å². The van der Waals surface area contributed by atoms with Gasteiger partial charge >= 0.3 is 0 Å². The van der Waals surface area contributed by atoms with E-state index in [0.717, 1.165) is 83.3 Å². The van der Waals surface area contributed by atoms with Gasteiger partial charge in [0.15, 0.2) is 5.82 Å². The molecule has 4 nitrogen and oxygen atoms in total. The van der Waals surface area contributed by atoms with Crippen molar-refractivity contribution < 1.29 is 4.42 Å². The SMILES string of the molecule is C=Cc1c(C=C)n(-c2ccccc2)c2cc(-c3cccc(-c4ccc5oc6nc(-c7ccccc7)nc(-c7ccccc7)c6c5c4)c3)ccc12. The van der Waals surface area contributed by atoms with Crippen molar-refractivity contribution in [2.75, 3.05) is 0 Å². The van der Waals surface area contributed by atoms with Crippen molar-refractivity contribution >= 4 is 45.1 Å². The normalized spacial score (nSPS) is 11.4. The minimum Gasteiger partial charge on any atom is -0.438 e. The van der Waals surface area contributed by atoms with Gasteiger partial charge in [-0.2, -0.15) is 4.98 Å². The van der Waals surface area contributed by atoms with Gasteiger partial charge in [0.05, 0.1) is 22.3 Å². The van der Waals surface area contributed by atoms with Crippen molar-refractivity contribution in [1.82, 2.24) is 14.5 Å². The van der Waals surface area contributed by atoms with Gasteiger partial charge in [0.2, 0.25) is 5.71 Å². The Bertz CT molecular complexity index is 2720. The van der Waals surface area contributed by atoms with E-state index in [1.807, 2.05) is 72.8 Å². The van der Waals surface area contributed by atoms with Gasteiger partial charge in [-0.1, -0.05) is 134 Å². The number of para-hydroxylation sites is 1. The minimum atomic E-state index is 0.575. The van der Waals surface area contributed by atoms with Crippen molar-refractivity contribution in [2.45, 2.75) is 0 Å².